The van der Waals surface area contributed by atoms with Crippen molar-refractivity contribution < 1.29 is 23.9 Å². The zero-order chi connectivity index (χ0) is 24.5. The van der Waals surface area contributed by atoms with Gasteiger partial charge in [0.25, 0.3) is 0 Å². The van der Waals surface area contributed by atoms with Gasteiger partial charge in [0, 0.05) is 56.8 Å². The summed E-state index contributed by atoms with van der Waals surface area (Å²) in [6.07, 6.45) is 5.99. The molecular formula is C25H31FN4O5. The number of nitrogens with zero attached hydrogens (tertiary/aromatic N) is 4. The molecule has 3 aliphatic rings. The van der Waals surface area contributed by atoms with Crippen molar-refractivity contribution in [1.82, 2.24) is 9.47 Å². The zero-order valence-corrected chi connectivity index (χ0v) is 19.9. The Bertz CT molecular complexity index is 1190. The van der Waals surface area contributed by atoms with Gasteiger partial charge in [0.2, 0.25) is 11.7 Å². The van der Waals surface area contributed by atoms with E-state index < -0.39 is 17.2 Å². The van der Waals surface area contributed by atoms with Crippen molar-refractivity contribution in [3.8, 4) is 0 Å². The maximum absolute atomic E-state index is 15.2. The first-order chi connectivity index (χ1) is 16.9. The van der Waals surface area contributed by atoms with Crippen molar-refractivity contribution in [3.05, 3.63) is 39.9 Å². The monoisotopic (exact) mass is 486 g/mol. The Morgan fingerprint density at radius 3 is 2.63 bits per heavy atom. The molecule has 9 nitrogen and oxygen atoms in total. The summed E-state index contributed by atoms with van der Waals surface area (Å²) in [5.41, 5.74) is 0.937. The number of hydrogen-bond donors (Lipinski definition) is 1. The molecule has 10 heteroatoms. The van der Waals surface area contributed by atoms with E-state index in [4.69, 9.17) is 9.57 Å². The van der Waals surface area contributed by atoms with Gasteiger partial charge in [-0.05, 0) is 44.7 Å². The number of carboxylic acid groups (broad SMARTS) is 1. The van der Waals surface area contributed by atoms with Crippen molar-refractivity contribution in [1.29, 1.82) is 0 Å². The molecular weight excluding hydrogens is 455 g/mol. The third kappa shape index (κ3) is 5.18. The van der Waals surface area contributed by atoms with Crippen LogP contribution >= 0.6 is 0 Å². The molecule has 1 atom stereocenters. The molecule has 0 spiro atoms. The molecule has 1 saturated carbocycles. The normalized spacial score (nSPS) is 21.9. The number of aromatic carboxylic acids is 1. The van der Waals surface area contributed by atoms with E-state index in [2.05, 4.69) is 10.1 Å². The third-order valence-electron chi connectivity index (χ3n) is 6.90. The molecule has 1 aliphatic carbocycles. The van der Waals surface area contributed by atoms with Crippen molar-refractivity contribution >= 4 is 28.3 Å². The van der Waals surface area contributed by atoms with Crippen LogP contribution in [0, 0.1) is 5.82 Å². The minimum Gasteiger partial charge on any atom is -0.477 e. The number of fused-ring (bicyclic) bond motifs is 1. The molecule has 35 heavy (non-hydrogen) atoms. The van der Waals surface area contributed by atoms with Crippen LogP contribution in [-0.2, 0) is 9.57 Å². The standard InChI is InChI=1S/C25H31FN4O5/c1-16(27-35-23-4-2-3-11-34-23)14-28-7-9-29(10-8-28)22-13-21-18(12-20(22)26)24(31)19(25(32)33)15-30(21)17-5-6-17/h12-13,15,17,23H,2-11,14H2,1H3,(H,32,33). The molecule has 5 rings (SSSR count). The van der Waals surface area contributed by atoms with Gasteiger partial charge in [-0.3, -0.25) is 9.69 Å². The van der Waals surface area contributed by atoms with Crippen LogP contribution in [0.15, 0.2) is 28.3 Å². The van der Waals surface area contributed by atoms with Crippen molar-refractivity contribution in [2.75, 3.05) is 44.2 Å². The lowest BCUT2D eigenvalue weighted by molar-refractivity contribution is -0.162. The van der Waals surface area contributed by atoms with Gasteiger partial charge in [-0.15, -0.1) is 0 Å². The fourth-order valence-corrected chi connectivity index (χ4v) is 4.85. The Hall–Kier alpha value is -2.98. The molecule has 3 fully saturated rings. The first-order valence-electron chi connectivity index (χ1n) is 12.3. The Morgan fingerprint density at radius 1 is 1.20 bits per heavy atom. The Balaban J connectivity index is 1.29. The summed E-state index contributed by atoms with van der Waals surface area (Å²) >= 11 is 0. The Morgan fingerprint density at radius 2 is 1.97 bits per heavy atom. The third-order valence-corrected chi connectivity index (χ3v) is 6.90. The van der Waals surface area contributed by atoms with E-state index >= 15 is 4.39 Å². The van der Waals surface area contributed by atoms with Crippen LogP contribution in [0.2, 0.25) is 0 Å². The summed E-state index contributed by atoms with van der Waals surface area (Å²) in [5, 5.41) is 13.8. The number of carbonyl (C=O) groups is 1. The highest BCUT2D eigenvalue weighted by atomic mass is 19.1. The molecule has 0 bridgehead atoms. The summed E-state index contributed by atoms with van der Waals surface area (Å²) in [7, 11) is 0. The number of piperazine rings is 1. The molecule has 2 saturated heterocycles. The zero-order valence-electron chi connectivity index (χ0n) is 19.9. The van der Waals surface area contributed by atoms with E-state index in [0.717, 1.165) is 50.9 Å². The minimum atomic E-state index is -1.29. The Labute approximate surface area is 202 Å². The van der Waals surface area contributed by atoms with Crippen LogP contribution in [0.1, 0.15) is 55.4 Å². The molecule has 188 valence electrons. The predicted octanol–water partition coefficient (Wildman–Crippen LogP) is 3.21. The summed E-state index contributed by atoms with van der Waals surface area (Å²) in [6.45, 7) is 6.03. The van der Waals surface area contributed by atoms with Gasteiger partial charge in [-0.25, -0.2) is 9.18 Å². The number of carboxylic acids is 1. The topological polar surface area (TPSA) is 96.6 Å². The van der Waals surface area contributed by atoms with Gasteiger partial charge in [-0.2, -0.15) is 0 Å². The number of aromatic nitrogens is 1. The first-order valence-corrected chi connectivity index (χ1v) is 12.3. The number of rotatable bonds is 7. The van der Waals surface area contributed by atoms with E-state index in [1.807, 2.05) is 16.4 Å². The van der Waals surface area contributed by atoms with Gasteiger partial charge in [0.05, 0.1) is 23.5 Å². The number of anilines is 1. The second-order valence-electron chi connectivity index (χ2n) is 9.63. The van der Waals surface area contributed by atoms with Crippen LogP contribution in [0.5, 0.6) is 0 Å². The Kier molecular flexibility index (Phi) is 6.75. The maximum Gasteiger partial charge on any atom is 0.341 e. The number of halogens is 1. The number of ether oxygens (including phenoxy) is 1. The van der Waals surface area contributed by atoms with E-state index in [9.17, 15) is 14.7 Å². The van der Waals surface area contributed by atoms with Crippen molar-refractivity contribution in [2.24, 2.45) is 5.16 Å². The second-order valence-corrected chi connectivity index (χ2v) is 9.63. The van der Waals surface area contributed by atoms with E-state index in [1.165, 1.54) is 12.3 Å². The largest absolute Gasteiger partial charge is 0.477 e. The van der Waals surface area contributed by atoms with Crippen LogP contribution in [-0.4, -0.2) is 71.9 Å². The van der Waals surface area contributed by atoms with Gasteiger partial charge in [-0.1, -0.05) is 5.16 Å². The quantitative estimate of drug-likeness (QED) is 0.474. The van der Waals surface area contributed by atoms with Crippen LogP contribution in [0.25, 0.3) is 10.9 Å². The first kappa shape index (κ1) is 23.7. The highest BCUT2D eigenvalue weighted by Crippen LogP contribution is 2.38. The molecule has 0 amide bonds. The number of benzene rings is 1. The smallest absolute Gasteiger partial charge is 0.341 e. The average Bonchev–Trinajstić information content (AvgIpc) is 3.69. The summed E-state index contributed by atoms with van der Waals surface area (Å²) < 4.78 is 22.5. The lowest BCUT2D eigenvalue weighted by atomic mass is 10.1. The second kappa shape index (κ2) is 9.94. The summed E-state index contributed by atoms with van der Waals surface area (Å²) in [5.74, 6) is -1.80. The highest BCUT2D eigenvalue weighted by molar-refractivity contribution is 5.93. The van der Waals surface area contributed by atoms with E-state index in [-0.39, 0.29) is 23.3 Å². The van der Waals surface area contributed by atoms with E-state index in [0.29, 0.717) is 37.4 Å². The fourth-order valence-electron chi connectivity index (χ4n) is 4.85. The van der Waals surface area contributed by atoms with Crippen molar-refractivity contribution in [2.45, 2.75) is 51.4 Å². The molecule has 1 aromatic carbocycles. The highest BCUT2D eigenvalue weighted by Gasteiger charge is 2.28. The van der Waals surface area contributed by atoms with Crippen LogP contribution in [0.4, 0.5) is 10.1 Å². The molecule has 1 unspecified atom stereocenters. The summed E-state index contributed by atoms with van der Waals surface area (Å²) in [6, 6.07) is 3.05. The van der Waals surface area contributed by atoms with Crippen molar-refractivity contribution in [3.63, 3.8) is 0 Å². The minimum absolute atomic E-state index is 0.116. The fraction of sp³-hybridized carbons (Fsp3) is 0.560. The van der Waals surface area contributed by atoms with Gasteiger partial charge in [0.15, 0.2) is 0 Å². The maximum atomic E-state index is 15.2. The lowest BCUT2D eigenvalue weighted by Crippen LogP contribution is -2.48. The number of hydrogen-bond acceptors (Lipinski definition) is 7. The SMILES string of the molecule is CC(CN1CCN(c2cc3c(cc2F)c(=O)c(C(=O)O)cn3C2CC2)CC1)=NOC1CCCCO1. The van der Waals surface area contributed by atoms with Gasteiger partial charge in [0.1, 0.15) is 11.4 Å². The predicted molar refractivity (Wildman–Crippen MR) is 130 cm³/mol. The summed E-state index contributed by atoms with van der Waals surface area (Å²) in [4.78, 5) is 34.0. The number of oxime groups is 1. The molecule has 1 N–H and O–H groups in total. The van der Waals surface area contributed by atoms with Gasteiger partial charge < -0.3 is 24.1 Å². The van der Waals surface area contributed by atoms with Crippen LogP contribution in [0.3, 0.4) is 0 Å². The molecule has 2 aliphatic heterocycles. The lowest BCUT2D eigenvalue weighted by Gasteiger charge is -2.36. The van der Waals surface area contributed by atoms with Gasteiger partial charge >= 0.3 is 5.97 Å². The van der Waals surface area contributed by atoms with E-state index in [1.54, 1.807) is 6.07 Å². The molecule has 3 heterocycles. The number of pyridine rings is 1. The molecule has 2 aromatic rings. The molecule has 0 radical (unpaired) electrons. The van der Waals surface area contributed by atoms with Crippen LogP contribution < -0.4 is 10.3 Å². The average molecular weight is 487 g/mol. The molecule has 1 aromatic heterocycles.